The molecule has 4 heterocycles. The molecule has 1 fully saturated rings. The number of hydrogen-bond donors (Lipinski definition) is 1. The summed E-state index contributed by atoms with van der Waals surface area (Å²) in [6, 6.07) is 22.7. The number of nitrogens with zero attached hydrogens (tertiary/aromatic N) is 5. The highest BCUT2D eigenvalue weighted by Gasteiger charge is 2.42. The van der Waals surface area contributed by atoms with Gasteiger partial charge in [-0.1, -0.05) is 17.8 Å². The summed E-state index contributed by atoms with van der Waals surface area (Å²) < 4.78 is 2.19. The standard InChI is InChI=1S/C29H24N6O2S3/c1-18-17-24(19(2)33(18)29-31-15-16-39-29)27-26(25-5-3-4-14-30-25)32-28(38)34(27)20-6-10-22(11-7-20)40-23-12-8-21(9-13-23)35(36)37/h3-17,26-27H,1-2H3,(H,32,38)/t26-,27+/m0/s1. The number of nitro groups is 1. The van der Waals surface area contributed by atoms with E-state index in [4.69, 9.17) is 12.2 Å². The molecule has 0 radical (unpaired) electrons. The van der Waals surface area contributed by atoms with Crippen LogP contribution >= 0.6 is 35.3 Å². The van der Waals surface area contributed by atoms with Crippen LogP contribution in [0.5, 0.6) is 0 Å². The topological polar surface area (TPSA) is 89.1 Å². The van der Waals surface area contributed by atoms with Gasteiger partial charge >= 0.3 is 0 Å². The lowest BCUT2D eigenvalue weighted by Crippen LogP contribution is -2.29. The normalized spacial score (nSPS) is 16.8. The van der Waals surface area contributed by atoms with Gasteiger partial charge in [-0.3, -0.25) is 19.7 Å². The summed E-state index contributed by atoms with van der Waals surface area (Å²) in [6.07, 6.45) is 3.63. The van der Waals surface area contributed by atoms with E-state index in [9.17, 15) is 10.1 Å². The van der Waals surface area contributed by atoms with Gasteiger partial charge in [-0.2, -0.15) is 0 Å². The zero-order valence-electron chi connectivity index (χ0n) is 21.6. The summed E-state index contributed by atoms with van der Waals surface area (Å²) >= 11 is 9.08. The van der Waals surface area contributed by atoms with Gasteiger partial charge in [-0.25, -0.2) is 4.98 Å². The van der Waals surface area contributed by atoms with Gasteiger partial charge in [0.1, 0.15) is 0 Å². The zero-order valence-corrected chi connectivity index (χ0v) is 24.0. The fraction of sp³-hybridized carbons (Fsp3) is 0.138. The van der Waals surface area contributed by atoms with Crippen molar-refractivity contribution < 1.29 is 4.92 Å². The first-order chi connectivity index (χ1) is 19.4. The van der Waals surface area contributed by atoms with Crippen LogP contribution in [0, 0.1) is 24.0 Å². The highest BCUT2D eigenvalue weighted by molar-refractivity contribution is 7.99. The fourth-order valence-corrected chi connectivity index (χ4v) is 7.02. The predicted octanol–water partition coefficient (Wildman–Crippen LogP) is 7.18. The van der Waals surface area contributed by atoms with E-state index in [1.165, 1.54) is 12.1 Å². The number of thiazole rings is 1. The highest BCUT2D eigenvalue weighted by atomic mass is 32.2. The average molecular weight is 585 g/mol. The lowest BCUT2D eigenvalue weighted by Gasteiger charge is -2.28. The Labute approximate surface area is 244 Å². The molecule has 0 saturated carbocycles. The third-order valence-corrected chi connectivity index (χ3v) is 8.98. The number of hydrogen-bond acceptors (Lipinski definition) is 7. The molecule has 0 amide bonds. The third-order valence-electron chi connectivity index (χ3n) is 6.90. The number of nitro benzene ring substituents is 1. The number of thiocarbonyl (C=S) groups is 1. The van der Waals surface area contributed by atoms with Gasteiger partial charge in [0.25, 0.3) is 5.69 Å². The number of nitrogens with one attached hydrogen (secondary N) is 1. The second-order valence-electron chi connectivity index (χ2n) is 9.32. The van der Waals surface area contributed by atoms with E-state index in [1.54, 1.807) is 35.2 Å². The van der Waals surface area contributed by atoms with Crippen molar-refractivity contribution in [1.82, 2.24) is 19.9 Å². The molecule has 2 aromatic carbocycles. The van der Waals surface area contributed by atoms with Gasteiger partial charge < -0.3 is 10.2 Å². The van der Waals surface area contributed by atoms with Crippen molar-refractivity contribution in [1.29, 1.82) is 0 Å². The van der Waals surface area contributed by atoms with E-state index in [0.29, 0.717) is 5.11 Å². The minimum atomic E-state index is -0.390. The van der Waals surface area contributed by atoms with Crippen molar-refractivity contribution in [2.45, 2.75) is 35.7 Å². The molecule has 5 aromatic rings. The lowest BCUT2D eigenvalue weighted by molar-refractivity contribution is -0.384. The number of pyridine rings is 1. The van der Waals surface area contributed by atoms with Crippen LogP contribution in [-0.2, 0) is 0 Å². The van der Waals surface area contributed by atoms with Crippen LogP contribution in [0.4, 0.5) is 11.4 Å². The van der Waals surface area contributed by atoms with E-state index < -0.39 is 0 Å². The fourth-order valence-electron chi connectivity index (χ4n) is 5.10. The first-order valence-corrected chi connectivity index (χ1v) is 14.6. The Morgan fingerprint density at radius 3 is 2.35 bits per heavy atom. The Morgan fingerprint density at radius 1 is 1.00 bits per heavy atom. The first kappa shape index (κ1) is 26.2. The van der Waals surface area contributed by atoms with E-state index in [-0.39, 0.29) is 22.7 Å². The Balaban J connectivity index is 1.36. The molecular formula is C29H24N6O2S3. The Bertz CT molecular complexity index is 1670. The number of benzene rings is 2. The molecule has 8 nitrogen and oxygen atoms in total. The maximum absolute atomic E-state index is 11.0. The lowest BCUT2D eigenvalue weighted by atomic mass is 9.96. The van der Waals surface area contributed by atoms with Crippen molar-refractivity contribution in [2.75, 3.05) is 4.90 Å². The van der Waals surface area contributed by atoms with Crippen molar-refractivity contribution in [3.8, 4) is 5.13 Å². The van der Waals surface area contributed by atoms with Crippen LogP contribution in [0.1, 0.15) is 34.7 Å². The third kappa shape index (κ3) is 4.87. The number of aryl methyl sites for hydroxylation is 1. The average Bonchev–Trinajstić information content (AvgIpc) is 3.67. The van der Waals surface area contributed by atoms with Gasteiger partial charge in [0.05, 0.1) is 22.7 Å². The van der Waals surface area contributed by atoms with Crippen LogP contribution < -0.4 is 10.2 Å². The van der Waals surface area contributed by atoms with Gasteiger partial charge in [-0.05, 0) is 86.2 Å². The Kier molecular flexibility index (Phi) is 7.09. The molecule has 0 spiro atoms. The number of anilines is 1. The minimum absolute atomic E-state index is 0.0810. The molecule has 3 aromatic heterocycles. The first-order valence-electron chi connectivity index (χ1n) is 12.5. The zero-order chi connectivity index (χ0) is 27.8. The van der Waals surface area contributed by atoms with Crippen molar-refractivity contribution in [3.05, 3.63) is 123 Å². The summed E-state index contributed by atoms with van der Waals surface area (Å²) in [7, 11) is 0. The maximum Gasteiger partial charge on any atom is 0.269 e. The molecular weight excluding hydrogens is 561 g/mol. The smallest absolute Gasteiger partial charge is 0.269 e. The van der Waals surface area contributed by atoms with Crippen LogP contribution in [0.15, 0.2) is 100 Å². The van der Waals surface area contributed by atoms with Gasteiger partial charge in [0, 0.05) is 56.8 Å². The summed E-state index contributed by atoms with van der Waals surface area (Å²) in [5.41, 5.74) is 5.34. The molecule has 6 rings (SSSR count). The van der Waals surface area contributed by atoms with Crippen molar-refractivity contribution >= 4 is 51.8 Å². The summed E-state index contributed by atoms with van der Waals surface area (Å²) in [4.78, 5) is 23.9. The molecule has 1 aliphatic rings. The van der Waals surface area contributed by atoms with Crippen molar-refractivity contribution in [2.24, 2.45) is 0 Å². The van der Waals surface area contributed by atoms with E-state index in [0.717, 1.165) is 43.3 Å². The second kappa shape index (κ2) is 10.8. The minimum Gasteiger partial charge on any atom is -0.351 e. The maximum atomic E-state index is 11.0. The van der Waals surface area contributed by atoms with Crippen LogP contribution in [-0.4, -0.2) is 24.6 Å². The van der Waals surface area contributed by atoms with Crippen molar-refractivity contribution in [3.63, 3.8) is 0 Å². The van der Waals surface area contributed by atoms with Crippen LogP contribution in [0.3, 0.4) is 0 Å². The molecule has 0 unspecified atom stereocenters. The second-order valence-corrected chi connectivity index (χ2v) is 11.7. The van der Waals surface area contributed by atoms with Crippen LogP contribution in [0.2, 0.25) is 0 Å². The molecule has 40 heavy (non-hydrogen) atoms. The summed E-state index contributed by atoms with van der Waals surface area (Å²) in [5, 5.41) is 18.1. The highest BCUT2D eigenvalue weighted by Crippen LogP contribution is 2.44. The van der Waals surface area contributed by atoms with Gasteiger partial charge in [-0.15, -0.1) is 11.3 Å². The molecule has 1 saturated heterocycles. The Morgan fingerprint density at radius 2 is 1.73 bits per heavy atom. The SMILES string of the molecule is Cc1cc([C@@H]2[C@H](c3ccccn3)NC(=S)N2c2ccc(Sc3ccc([N+](=O)[O-])cc3)cc2)c(C)n1-c1nccs1. The molecule has 200 valence electrons. The van der Waals surface area contributed by atoms with E-state index >= 15 is 0 Å². The van der Waals surface area contributed by atoms with Gasteiger partial charge in [0.2, 0.25) is 0 Å². The van der Waals surface area contributed by atoms with E-state index in [1.807, 2.05) is 48.1 Å². The van der Waals surface area contributed by atoms with Crippen LogP contribution in [0.25, 0.3) is 5.13 Å². The number of non-ortho nitro benzene ring substituents is 1. The molecule has 1 aliphatic heterocycles. The summed E-state index contributed by atoms with van der Waals surface area (Å²) in [6.45, 7) is 4.23. The summed E-state index contributed by atoms with van der Waals surface area (Å²) in [5.74, 6) is 0. The Hall–Kier alpha value is -4.06. The largest absolute Gasteiger partial charge is 0.351 e. The molecule has 1 N–H and O–H groups in total. The molecule has 0 bridgehead atoms. The number of aromatic nitrogens is 3. The predicted molar refractivity (Wildman–Crippen MR) is 163 cm³/mol. The monoisotopic (exact) mass is 584 g/mol. The molecule has 11 heteroatoms. The van der Waals surface area contributed by atoms with E-state index in [2.05, 4.69) is 56.8 Å². The number of rotatable bonds is 7. The molecule has 2 atom stereocenters. The van der Waals surface area contributed by atoms with Gasteiger partial charge in [0.15, 0.2) is 10.2 Å². The molecule has 0 aliphatic carbocycles. The quantitative estimate of drug-likeness (QED) is 0.122.